The van der Waals surface area contributed by atoms with Crippen LogP contribution in [0.25, 0.3) is 11.1 Å². The van der Waals surface area contributed by atoms with Gasteiger partial charge in [0.25, 0.3) is 0 Å². The zero-order chi connectivity index (χ0) is 23.3. The van der Waals surface area contributed by atoms with Crippen LogP contribution in [0.3, 0.4) is 0 Å². The molecular weight excluding hydrogens is 410 g/mol. The van der Waals surface area contributed by atoms with Crippen molar-refractivity contribution in [3.05, 3.63) is 89.7 Å². The van der Waals surface area contributed by atoms with E-state index in [1.165, 1.54) is 22.3 Å². The molecule has 4 rings (SSSR count). The van der Waals surface area contributed by atoms with Crippen LogP contribution in [-0.4, -0.2) is 41.8 Å². The molecule has 33 heavy (non-hydrogen) atoms. The minimum Gasteiger partial charge on any atom is -0.359 e. The van der Waals surface area contributed by atoms with Gasteiger partial charge in [-0.1, -0.05) is 54.6 Å². The first-order valence-electron chi connectivity index (χ1n) is 11.6. The van der Waals surface area contributed by atoms with Crippen LogP contribution in [0.15, 0.2) is 72.9 Å². The molecule has 1 aliphatic heterocycles. The highest BCUT2D eigenvalue weighted by molar-refractivity contribution is 5.84. The molecule has 5 heteroatoms. The van der Waals surface area contributed by atoms with E-state index in [2.05, 4.69) is 53.6 Å². The highest BCUT2D eigenvalue weighted by Gasteiger charge is 2.42. The first-order valence-corrected chi connectivity index (χ1v) is 11.6. The minimum atomic E-state index is -0.532. The molecule has 3 aromatic rings. The van der Waals surface area contributed by atoms with Gasteiger partial charge in [-0.25, -0.2) is 0 Å². The van der Waals surface area contributed by atoms with Crippen LogP contribution in [0.5, 0.6) is 0 Å². The van der Waals surface area contributed by atoms with Gasteiger partial charge in [0.05, 0.1) is 11.8 Å². The summed E-state index contributed by atoms with van der Waals surface area (Å²) in [6.45, 7) is 3.27. The molecule has 1 fully saturated rings. The van der Waals surface area contributed by atoms with E-state index in [4.69, 9.17) is 0 Å². The third-order valence-electron chi connectivity index (χ3n) is 6.82. The molecule has 0 unspecified atom stereocenters. The summed E-state index contributed by atoms with van der Waals surface area (Å²) in [7, 11) is 1.70. The Morgan fingerprint density at radius 3 is 2.27 bits per heavy atom. The predicted molar refractivity (Wildman–Crippen MR) is 131 cm³/mol. The maximum absolute atomic E-state index is 13.2. The van der Waals surface area contributed by atoms with E-state index >= 15 is 0 Å². The smallest absolute Gasteiger partial charge is 0.228 e. The Morgan fingerprint density at radius 1 is 0.939 bits per heavy atom. The van der Waals surface area contributed by atoms with Crippen LogP contribution >= 0.6 is 0 Å². The molecule has 0 saturated carbocycles. The zero-order valence-electron chi connectivity index (χ0n) is 19.4. The van der Waals surface area contributed by atoms with Crippen LogP contribution in [0.2, 0.25) is 0 Å². The normalized spacial score (nSPS) is 15.2. The summed E-state index contributed by atoms with van der Waals surface area (Å²) in [5.41, 5.74) is 5.00. The number of aromatic nitrogens is 1. The van der Waals surface area contributed by atoms with Crippen LogP contribution < -0.4 is 5.32 Å². The number of benzene rings is 2. The molecule has 2 amide bonds. The standard InChI is InChI=1S/C28H31N3O2/c1-21-9-3-5-12-24(21)25-13-6-4-10-22(25)20-28(27(33)29-2)14-17-31(18-15-28)26(32)19-23-11-7-8-16-30-23/h3-13,16H,14-15,17-20H2,1-2H3,(H,29,33). The second-order valence-electron chi connectivity index (χ2n) is 8.89. The first-order chi connectivity index (χ1) is 16.0. The van der Waals surface area contributed by atoms with Crippen molar-refractivity contribution < 1.29 is 9.59 Å². The quantitative estimate of drug-likeness (QED) is 0.624. The molecule has 1 aromatic heterocycles. The number of nitrogens with zero attached hydrogens (tertiary/aromatic N) is 2. The second-order valence-corrected chi connectivity index (χ2v) is 8.89. The summed E-state index contributed by atoms with van der Waals surface area (Å²) in [5.74, 6) is 0.124. The summed E-state index contributed by atoms with van der Waals surface area (Å²) < 4.78 is 0. The van der Waals surface area contributed by atoms with E-state index < -0.39 is 5.41 Å². The number of nitrogens with one attached hydrogen (secondary N) is 1. The van der Waals surface area contributed by atoms with Gasteiger partial charge in [-0.2, -0.15) is 0 Å². The van der Waals surface area contributed by atoms with Gasteiger partial charge in [-0.15, -0.1) is 0 Å². The zero-order valence-corrected chi connectivity index (χ0v) is 19.4. The van der Waals surface area contributed by atoms with Gasteiger partial charge in [-0.3, -0.25) is 14.6 Å². The van der Waals surface area contributed by atoms with Crippen LogP contribution in [-0.2, 0) is 22.4 Å². The van der Waals surface area contributed by atoms with Crippen molar-refractivity contribution in [2.24, 2.45) is 5.41 Å². The van der Waals surface area contributed by atoms with Crippen LogP contribution in [0.1, 0.15) is 29.7 Å². The van der Waals surface area contributed by atoms with Gasteiger partial charge in [0.1, 0.15) is 0 Å². The number of hydrogen-bond acceptors (Lipinski definition) is 3. The van der Waals surface area contributed by atoms with Gasteiger partial charge in [0.2, 0.25) is 11.8 Å². The number of aryl methyl sites for hydroxylation is 1. The number of likely N-dealkylation sites (tertiary alicyclic amines) is 1. The second kappa shape index (κ2) is 9.99. The number of amides is 2. The minimum absolute atomic E-state index is 0.0545. The van der Waals surface area contributed by atoms with E-state index in [9.17, 15) is 9.59 Å². The Morgan fingerprint density at radius 2 is 1.61 bits per heavy atom. The van der Waals surface area contributed by atoms with Gasteiger partial charge in [0.15, 0.2) is 0 Å². The molecular formula is C28H31N3O2. The Bertz CT molecular complexity index is 1120. The maximum atomic E-state index is 13.2. The van der Waals surface area contributed by atoms with E-state index in [1.54, 1.807) is 13.2 Å². The summed E-state index contributed by atoms with van der Waals surface area (Å²) >= 11 is 0. The van der Waals surface area contributed by atoms with Crippen molar-refractivity contribution in [2.45, 2.75) is 32.6 Å². The average molecular weight is 442 g/mol. The largest absolute Gasteiger partial charge is 0.359 e. The van der Waals surface area contributed by atoms with Crippen molar-refractivity contribution in [1.29, 1.82) is 0 Å². The van der Waals surface area contributed by atoms with E-state index in [1.807, 2.05) is 35.2 Å². The maximum Gasteiger partial charge on any atom is 0.228 e. The number of carbonyl (C=O) groups excluding carboxylic acids is 2. The molecule has 1 N–H and O–H groups in total. The highest BCUT2D eigenvalue weighted by Crippen LogP contribution is 2.39. The summed E-state index contributed by atoms with van der Waals surface area (Å²) in [4.78, 5) is 32.1. The summed E-state index contributed by atoms with van der Waals surface area (Å²) in [5, 5.41) is 2.90. The number of piperidine rings is 1. The lowest BCUT2D eigenvalue weighted by atomic mass is 9.72. The van der Waals surface area contributed by atoms with Crippen LogP contribution in [0.4, 0.5) is 0 Å². The lowest BCUT2D eigenvalue weighted by Crippen LogP contribution is -2.51. The third-order valence-corrected chi connectivity index (χ3v) is 6.82. The fourth-order valence-corrected chi connectivity index (χ4v) is 4.88. The van der Waals surface area contributed by atoms with E-state index in [0.717, 1.165) is 5.69 Å². The average Bonchev–Trinajstić information content (AvgIpc) is 2.85. The number of carbonyl (C=O) groups is 2. The monoisotopic (exact) mass is 441 g/mol. The fraction of sp³-hybridized carbons (Fsp3) is 0.321. The number of pyridine rings is 1. The molecule has 0 atom stereocenters. The topological polar surface area (TPSA) is 62.3 Å². The van der Waals surface area contributed by atoms with E-state index in [-0.39, 0.29) is 11.8 Å². The van der Waals surface area contributed by atoms with Gasteiger partial charge >= 0.3 is 0 Å². The lowest BCUT2D eigenvalue weighted by molar-refractivity contribution is -0.140. The predicted octanol–water partition coefficient (Wildman–Crippen LogP) is 4.20. The molecule has 5 nitrogen and oxygen atoms in total. The van der Waals surface area contributed by atoms with Gasteiger partial charge in [-0.05, 0) is 60.6 Å². The molecule has 170 valence electrons. The van der Waals surface area contributed by atoms with Crippen molar-refractivity contribution in [2.75, 3.05) is 20.1 Å². The first kappa shape index (κ1) is 22.7. The van der Waals surface area contributed by atoms with Gasteiger partial charge in [0, 0.05) is 32.0 Å². The fourth-order valence-electron chi connectivity index (χ4n) is 4.88. The lowest BCUT2D eigenvalue weighted by Gasteiger charge is -2.41. The molecule has 2 aromatic carbocycles. The van der Waals surface area contributed by atoms with Gasteiger partial charge < -0.3 is 10.2 Å². The van der Waals surface area contributed by atoms with Crippen molar-refractivity contribution in [3.8, 4) is 11.1 Å². The third kappa shape index (κ3) is 4.98. The molecule has 0 aliphatic carbocycles. The highest BCUT2D eigenvalue weighted by atomic mass is 16.2. The molecule has 2 heterocycles. The van der Waals surface area contributed by atoms with Crippen LogP contribution in [0, 0.1) is 12.3 Å². The summed E-state index contributed by atoms with van der Waals surface area (Å²) in [6.07, 6.45) is 3.94. The number of rotatable bonds is 6. The summed E-state index contributed by atoms with van der Waals surface area (Å²) in [6, 6.07) is 22.3. The molecule has 1 saturated heterocycles. The van der Waals surface area contributed by atoms with Crippen molar-refractivity contribution >= 4 is 11.8 Å². The van der Waals surface area contributed by atoms with E-state index in [0.29, 0.717) is 38.8 Å². The molecule has 0 bridgehead atoms. The Kier molecular flexibility index (Phi) is 6.87. The van der Waals surface area contributed by atoms with Crippen molar-refractivity contribution in [1.82, 2.24) is 15.2 Å². The Hall–Kier alpha value is -3.47. The Balaban J connectivity index is 1.54. The molecule has 1 aliphatic rings. The van der Waals surface area contributed by atoms with Crippen molar-refractivity contribution in [3.63, 3.8) is 0 Å². The molecule has 0 radical (unpaired) electrons. The SMILES string of the molecule is CNC(=O)C1(Cc2ccccc2-c2ccccc2C)CCN(C(=O)Cc2ccccn2)CC1. The Labute approximate surface area is 195 Å². The molecule has 0 spiro atoms. The number of hydrogen-bond donors (Lipinski definition) is 1.